The lowest BCUT2D eigenvalue weighted by atomic mass is 9.76. The molecule has 4 nitrogen and oxygen atoms in total. The van der Waals surface area contributed by atoms with E-state index < -0.39 is 0 Å². The second-order valence-electron chi connectivity index (χ2n) is 17.2. The number of aromatic nitrogens is 2. The molecule has 10 aromatic rings. The third-order valence-corrected chi connectivity index (χ3v) is 13.0. The van der Waals surface area contributed by atoms with Crippen molar-refractivity contribution >= 4 is 55.4 Å². The fraction of sp³-hybridized carbons (Fsp3) is 0.127. The number of aromatic hydroxyl groups is 1. The molecule has 1 N–H and O–H groups in total. The van der Waals surface area contributed by atoms with Crippen molar-refractivity contribution in [2.75, 3.05) is 0 Å². The number of fused-ring (bicyclic) bond motifs is 6. The number of phenols is 1. The zero-order chi connectivity index (χ0) is 41.2. The van der Waals surface area contributed by atoms with Gasteiger partial charge < -0.3 is 19.0 Å². The molecule has 0 aliphatic rings. The number of para-hydroxylation sites is 4. The summed E-state index contributed by atoms with van der Waals surface area (Å²) in [6.45, 7) is 11.6. The maximum absolute atomic E-state index is 9.74. The summed E-state index contributed by atoms with van der Waals surface area (Å²) in [6.07, 6.45) is 0. The molecule has 0 amide bonds. The molecule has 0 radical (unpaired) electrons. The molecular weight excluding hydrogens is 753 g/mol. The monoisotopic (exact) mass is 798 g/mol. The zero-order valence-electron chi connectivity index (χ0n) is 34.5. The van der Waals surface area contributed by atoms with Crippen LogP contribution in [0.4, 0.5) is 0 Å². The van der Waals surface area contributed by atoms with Crippen LogP contribution in [0, 0.1) is 0 Å². The van der Waals surface area contributed by atoms with Crippen molar-refractivity contribution in [1.29, 1.82) is 0 Å². The van der Waals surface area contributed by atoms with Crippen LogP contribution >= 0.6 is 11.8 Å². The van der Waals surface area contributed by atoms with E-state index in [9.17, 15) is 5.11 Å². The second-order valence-corrected chi connectivity index (χ2v) is 18.3. The van der Waals surface area contributed by atoms with Gasteiger partial charge in [0, 0.05) is 36.8 Å². The number of phenolic OH excluding ortho intramolecular Hbond substituents is 1. The van der Waals surface area contributed by atoms with Crippen LogP contribution in [-0.4, -0.2) is 14.2 Å². The molecule has 2 aromatic heterocycles. The highest BCUT2D eigenvalue weighted by atomic mass is 32.2. The Hall–Kier alpha value is -6.69. The number of hydrogen-bond donors (Lipinski definition) is 1. The molecule has 8 aromatic carbocycles. The van der Waals surface area contributed by atoms with Crippen LogP contribution in [0.3, 0.4) is 0 Å². The first-order valence-corrected chi connectivity index (χ1v) is 21.4. The van der Waals surface area contributed by atoms with E-state index in [2.05, 4.69) is 189 Å². The minimum atomic E-state index is -0.386. The van der Waals surface area contributed by atoms with E-state index in [4.69, 9.17) is 4.74 Å². The summed E-state index contributed by atoms with van der Waals surface area (Å²) in [5, 5.41) is 14.7. The van der Waals surface area contributed by atoms with Crippen LogP contribution in [-0.2, 0) is 10.8 Å². The summed E-state index contributed by atoms with van der Waals surface area (Å²) in [7, 11) is 0. The summed E-state index contributed by atoms with van der Waals surface area (Å²) in [6, 6.07) is 64.2. The molecule has 2 heterocycles. The van der Waals surface area contributed by atoms with Crippen molar-refractivity contribution in [3.05, 3.63) is 199 Å². The van der Waals surface area contributed by atoms with Gasteiger partial charge in [0.1, 0.15) is 11.5 Å². The standard InChI is InChI=1S/C55H46N2O2S/c1-54(2,3)46-32-22-36(34-51(46)56-47-18-10-6-14-42(47)43-15-7-11-19-48(43)56)55(4,5)37-23-33-53(59-39-26-30-41(31-27-39)60-40-28-24-38(58)25-29-40)52(35-37)57-49-20-12-8-16-44(49)45-17-9-13-21-50(45)57/h6-35,58H,1-5H3. The van der Waals surface area contributed by atoms with E-state index in [0.29, 0.717) is 0 Å². The highest BCUT2D eigenvalue weighted by Crippen LogP contribution is 2.44. The number of ether oxygens (including phenoxy) is 1. The van der Waals surface area contributed by atoms with E-state index in [1.807, 2.05) is 24.3 Å². The molecule has 0 spiro atoms. The van der Waals surface area contributed by atoms with Crippen molar-refractivity contribution in [2.45, 2.75) is 55.2 Å². The summed E-state index contributed by atoms with van der Waals surface area (Å²) in [5.41, 5.74) is 10.1. The third kappa shape index (κ3) is 6.50. The van der Waals surface area contributed by atoms with Crippen molar-refractivity contribution in [1.82, 2.24) is 9.13 Å². The molecule has 0 fully saturated rings. The second kappa shape index (κ2) is 14.5. The summed E-state index contributed by atoms with van der Waals surface area (Å²) >= 11 is 1.65. The Morgan fingerprint density at radius 3 is 1.35 bits per heavy atom. The zero-order valence-corrected chi connectivity index (χ0v) is 35.3. The Bertz CT molecular complexity index is 3110. The van der Waals surface area contributed by atoms with Crippen LogP contribution < -0.4 is 4.74 Å². The molecule has 0 aliphatic carbocycles. The SMILES string of the molecule is CC(C)(C)c1ccc(C(C)(C)c2ccc(Oc3ccc(Sc4ccc(O)cc4)cc3)c(-n3c4ccccc4c4ccccc43)c2)cc1-n1c2ccccc2c2ccccc21. The Morgan fingerprint density at radius 2 is 0.867 bits per heavy atom. The molecule has 0 atom stereocenters. The minimum absolute atomic E-state index is 0.0877. The van der Waals surface area contributed by atoms with Crippen molar-refractivity contribution in [3.8, 4) is 28.6 Å². The maximum Gasteiger partial charge on any atom is 0.151 e. The summed E-state index contributed by atoms with van der Waals surface area (Å²) in [4.78, 5) is 2.15. The van der Waals surface area contributed by atoms with Gasteiger partial charge in [0.25, 0.3) is 0 Å². The molecular formula is C55H46N2O2S. The Kier molecular flexibility index (Phi) is 9.11. The van der Waals surface area contributed by atoms with Gasteiger partial charge in [0.2, 0.25) is 0 Å². The van der Waals surface area contributed by atoms with Gasteiger partial charge >= 0.3 is 0 Å². The minimum Gasteiger partial charge on any atom is -0.508 e. The molecule has 0 saturated carbocycles. The normalized spacial score (nSPS) is 12.2. The smallest absolute Gasteiger partial charge is 0.151 e. The number of hydrogen-bond acceptors (Lipinski definition) is 3. The molecule has 0 unspecified atom stereocenters. The van der Waals surface area contributed by atoms with Gasteiger partial charge in [-0.05, 0) is 113 Å². The third-order valence-electron chi connectivity index (χ3n) is 12.0. The topological polar surface area (TPSA) is 39.3 Å². The van der Waals surface area contributed by atoms with Gasteiger partial charge in [-0.2, -0.15) is 0 Å². The summed E-state index contributed by atoms with van der Waals surface area (Å²) in [5.74, 6) is 1.79. The van der Waals surface area contributed by atoms with Crippen molar-refractivity contribution in [2.24, 2.45) is 0 Å². The number of nitrogens with zero attached hydrogens (tertiary/aromatic N) is 2. The van der Waals surface area contributed by atoms with Gasteiger partial charge in [0.15, 0.2) is 5.75 Å². The predicted molar refractivity (Wildman–Crippen MR) is 251 cm³/mol. The Morgan fingerprint density at radius 1 is 0.450 bits per heavy atom. The molecule has 5 heteroatoms. The van der Waals surface area contributed by atoms with Crippen molar-refractivity contribution in [3.63, 3.8) is 0 Å². The molecule has 10 rings (SSSR count). The Balaban J connectivity index is 1.12. The first-order chi connectivity index (χ1) is 29.0. The number of benzene rings is 8. The van der Waals surface area contributed by atoms with Crippen LogP contribution in [0.15, 0.2) is 192 Å². The highest BCUT2D eigenvalue weighted by Gasteiger charge is 2.29. The van der Waals surface area contributed by atoms with Gasteiger partial charge in [-0.3, -0.25) is 0 Å². The van der Waals surface area contributed by atoms with Gasteiger partial charge in [-0.25, -0.2) is 0 Å². The lowest BCUT2D eigenvalue weighted by Crippen LogP contribution is -2.22. The number of rotatable bonds is 8. The van der Waals surface area contributed by atoms with Crippen LogP contribution in [0.5, 0.6) is 17.2 Å². The van der Waals surface area contributed by atoms with Crippen LogP contribution in [0.2, 0.25) is 0 Å². The maximum atomic E-state index is 9.74. The van der Waals surface area contributed by atoms with E-state index >= 15 is 0 Å². The largest absolute Gasteiger partial charge is 0.508 e. The lowest BCUT2D eigenvalue weighted by molar-refractivity contribution is 0.475. The average molecular weight is 799 g/mol. The molecule has 0 aliphatic heterocycles. The first kappa shape index (κ1) is 37.6. The van der Waals surface area contributed by atoms with Crippen LogP contribution in [0.25, 0.3) is 55.0 Å². The molecule has 294 valence electrons. The first-order valence-electron chi connectivity index (χ1n) is 20.6. The quantitative estimate of drug-likeness (QED) is 0.166. The molecule has 0 saturated heterocycles. The Labute approximate surface area is 355 Å². The molecule has 60 heavy (non-hydrogen) atoms. The average Bonchev–Trinajstić information content (AvgIpc) is 3.78. The lowest BCUT2D eigenvalue weighted by Gasteiger charge is -2.31. The van der Waals surface area contributed by atoms with Crippen LogP contribution in [0.1, 0.15) is 51.3 Å². The van der Waals surface area contributed by atoms with Gasteiger partial charge in [-0.15, -0.1) is 0 Å². The molecule has 0 bridgehead atoms. The fourth-order valence-corrected chi connectivity index (χ4v) is 9.61. The van der Waals surface area contributed by atoms with E-state index in [0.717, 1.165) is 38.0 Å². The van der Waals surface area contributed by atoms with E-state index in [-0.39, 0.29) is 16.6 Å². The predicted octanol–water partition coefficient (Wildman–Crippen LogP) is 15.2. The van der Waals surface area contributed by atoms with E-state index in [1.54, 1.807) is 23.9 Å². The van der Waals surface area contributed by atoms with Crippen molar-refractivity contribution < 1.29 is 9.84 Å². The van der Waals surface area contributed by atoms with Gasteiger partial charge in [-0.1, -0.05) is 137 Å². The van der Waals surface area contributed by atoms with Gasteiger partial charge in [0.05, 0.1) is 33.4 Å². The summed E-state index contributed by atoms with van der Waals surface area (Å²) < 4.78 is 11.7. The van der Waals surface area contributed by atoms with E-state index in [1.165, 1.54) is 55.0 Å². The highest BCUT2D eigenvalue weighted by molar-refractivity contribution is 7.99. The fourth-order valence-electron chi connectivity index (χ4n) is 8.79.